The average Bonchev–Trinajstić information content (AvgIpc) is 2.46. The number of rotatable bonds is 5. The molecule has 104 valence electrons. The zero-order chi connectivity index (χ0) is 14.5. The van der Waals surface area contributed by atoms with Crippen molar-refractivity contribution in [3.05, 3.63) is 42.1 Å². The Labute approximate surface area is 115 Å². The number of nitrogens with one attached hydrogen (secondary N) is 1. The molecule has 0 spiro atoms. The summed E-state index contributed by atoms with van der Waals surface area (Å²) in [5.74, 6) is -1.70. The number of aliphatic carboxylic acids is 1. The number of aliphatic hydroxyl groups is 1. The number of carboxylic acid groups (broad SMARTS) is 1. The van der Waals surface area contributed by atoms with Crippen molar-refractivity contribution in [2.24, 2.45) is 0 Å². The van der Waals surface area contributed by atoms with Crippen LogP contribution in [0.3, 0.4) is 0 Å². The molecule has 1 atom stereocenters. The first kappa shape index (κ1) is 14.0. The lowest BCUT2D eigenvalue weighted by atomic mass is 10.1. The summed E-state index contributed by atoms with van der Waals surface area (Å²) in [6.07, 6.45) is 1.53. The van der Waals surface area contributed by atoms with Crippen LogP contribution in [0.15, 0.2) is 36.5 Å². The summed E-state index contributed by atoms with van der Waals surface area (Å²) in [7, 11) is 0. The van der Waals surface area contributed by atoms with Gasteiger partial charge in [0.15, 0.2) is 0 Å². The number of carboxylic acids is 1. The molecular weight excluding hydrogens is 260 g/mol. The van der Waals surface area contributed by atoms with Crippen LogP contribution in [-0.4, -0.2) is 39.7 Å². The highest BCUT2D eigenvalue weighted by Crippen LogP contribution is 2.16. The molecule has 1 aromatic heterocycles. The number of amides is 1. The molecule has 0 bridgehead atoms. The number of hydrogen-bond acceptors (Lipinski definition) is 4. The molecule has 0 radical (unpaired) electrons. The van der Waals surface area contributed by atoms with Crippen LogP contribution in [0.4, 0.5) is 0 Å². The number of carbonyl (C=O) groups is 2. The second-order valence-electron chi connectivity index (χ2n) is 4.26. The minimum absolute atomic E-state index is 0.0424. The van der Waals surface area contributed by atoms with Crippen LogP contribution < -0.4 is 5.32 Å². The summed E-state index contributed by atoms with van der Waals surface area (Å²) in [5, 5.41) is 21.0. The number of carbonyl (C=O) groups excluding carboxylic acids is 1. The smallest absolute Gasteiger partial charge is 0.326 e. The maximum atomic E-state index is 12.2. The van der Waals surface area contributed by atoms with Gasteiger partial charge in [0.1, 0.15) is 6.04 Å². The molecule has 20 heavy (non-hydrogen) atoms. The zero-order valence-electron chi connectivity index (χ0n) is 10.6. The second kappa shape index (κ2) is 6.12. The molecule has 1 unspecified atom stereocenters. The predicted molar refractivity (Wildman–Crippen MR) is 72.3 cm³/mol. The van der Waals surface area contributed by atoms with E-state index in [1.54, 1.807) is 24.4 Å². The molecule has 1 amide bonds. The summed E-state index contributed by atoms with van der Waals surface area (Å²) >= 11 is 0. The number of aromatic nitrogens is 1. The van der Waals surface area contributed by atoms with Crippen molar-refractivity contribution in [1.29, 1.82) is 0 Å². The molecular formula is C14H14N2O4. The molecule has 2 aromatic rings. The van der Waals surface area contributed by atoms with Gasteiger partial charge in [-0.15, -0.1) is 0 Å². The van der Waals surface area contributed by atoms with Crippen molar-refractivity contribution in [3.8, 4) is 0 Å². The Morgan fingerprint density at radius 1 is 1.25 bits per heavy atom. The lowest BCUT2D eigenvalue weighted by Crippen LogP contribution is -2.41. The standard InChI is InChI=1S/C14H14N2O4/c17-8-6-11(14(19)20)16-13(18)10-5-1-3-9-4-2-7-15-12(9)10/h1-5,7,11,17H,6,8H2,(H,16,18)(H,19,20). The van der Waals surface area contributed by atoms with E-state index in [9.17, 15) is 9.59 Å². The summed E-state index contributed by atoms with van der Waals surface area (Å²) in [6.45, 7) is -0.314. The number of aliphatic hydroxyl groups excluding tert-OH is 1. The van der Waals surface area contributed by atoms with E-state index in [0.717, 1.165) is 5.39 Å². The molecule has 0 aliphatic carbocycles. The van der Waals surface area contributed by atoms with Gasteiger partial charge in [0.25, 0.3) is 5.91 Å². The Hall–Kier alpha value is -2.47. The monoisotopic (exact) mass is 274 g/mol. The summed E-state index contributed by atoms with van der Waals surface area (Å²) in [5.41, 5.74) is 0.827. The fraction of sp³-hybridized carbons (Fsp3) is 0.214. The molecule has 0 aliphatic rings. The van der Waals surface area contributed by atoms with Gasteiger partial charge in [-0.1, -0.05) is 18.2 Å². The van der Waals surface area contributed by atoms with Gasteiger partial charge in [0.05, 0.1) is 11.1 Å². The van der Waals surface area contributed by atoms with Crippen LogP contribution in [0.25, 0.3) is 10.9 Å². The predicted octanol–water partition coefficient (Wildman–Crippen LogP) is 0.800. The van der Waals surface area contributed by atoms with Gasteiger partial charge >= 0.3 is 5.97 Å². The molecule has 1 aromatic carbocycles. The van der Waals surface area contributed by atoms with Crippen molar-refractivity contribution in [2.75, 3.05) is 6.61 Å². The highest BCUT2D eigenvalue weighted by Gasteiger charge is 2.21. The maximum Gasteiger partial charge on any atom is 0.326 e. The Kier molecular flexibility index (Phi) is 4.27. The quantitative estimate of drug-likeness (QED) is 0.749. The molecule has 0 aliphatic heterocycles. The minimum atomic E-state index is -1.18. The number of fused-ring (bicyclic) bond motifs is 1. The van der Waals surface area contributed by atoms with Crippen molar-refractivity contribution in [1.82, 2.24) is 10.3 Å². The minimum Gasteiger partial charge on any atom is -0.480 e. The Bertz CT molecular complexity index is 637. The van der Waals surface area contributed by atoms with Gasteiger partial charge < -0.3 is 15.5 Å². The number of hydrogen-bond donors (Lipinski definition) is 3. The van der Waals surface area contributed by atoms with E-state index >= 15 is 0 Å². The fourth-order valence-electron chi connectivity index (χ4n) is 1.91. The van der Waals surface area contributed by atoms with Crippen LogP contribution in [0, 0.1) is 0 Å². The summed E-state index contributed by atoms with van der Waals surface area (Å²) in [4.78, 5) is 27.3. The highest BCUT2D eigenvalue weighted by atomic mass is 16.4. The average molecular weight is 274 g/mol. The first-order valence-corrected chi connectivity index (χ1v) is 6.11. The van der Waals surface area contributed by atoms with Crippen LogP contribution >= 0.6 is 0 Å². The third kappa shape index (κ3) is 2.92. The van der Waals surface area contributed by atoms with Crippen LogP contribution in [0.2, 0.25) is 0 Å². The van der Waals surface area contributed by atoms with Gasteiger partial charge in [-0.3, -0.25) is 9.78 Å². The van der Waals surface area contributed by atoms with Gasteiger partial charge in [-0.25, -0.2) is 4.79 Å². The molecule has 1 heterocycles. The number of para-hydroxylation sites is 1. The molecule has 6 nitrogen and oxygen atoms in total. The zero-order valence-corrected chi connectivity index (χ0v) is 10.6. The third-order valence-electron chi connectivity index (χ3n) is 2.90. The van der Waals surface area contributed by atoms with E-state index in [1.165, 1.54) is 0 Å². The Morgan fingerprint density at radius 2 is 2.00 bits per heavy atom. The van der Waals surface area contributed by atoms with Crippen molar-refractivity contribution >= 4 is 22.8 Å². The summed E-state index contributed by atoms with van der Waals surface area (Å²) < 4.78 is 0. The molecule has 0 fully saturated rings. The molecule has 0 saturated heterocycles. The largest absolute Gasteiger partial charge is 0.480 e. The lowest BCUT2D eigenvalue weighted by Gasteiger charge is -2.13. The van der Waals surface area contributed by atoms with Gasteiger partial charge in [0, 0.05) is 24.6 Å². The van der Waals surface area contributed by atoms with Crippen LogP contribution in [0.1, 0.15) is 16.8 Å². The van der Waals surface area contributed by atoms with E-state index in [4.69, 9.17) is 10.2 Å². The van der Waals surface area contributed by atoms with Gasteiger partial charge in [-0.2, -0.15) is 0 Å². The van der Waals surface area contributed by atoms with E-state index in [0.29, 0.717) is 11.1 Å². The molecule has 2 rings (SSSR count). The number of benzene rings is 1. The first-order valence-electron chi connectivity index (χ1n) is 6.11. The first-order chi connectivity index (χ1) is 9.63. The van der Waals surface area contributed by atoms with E-state index in [2.05, 4.69) is 10.3 Å². The van der Waals surface area contributed by atoms with Gasteiger partial charge in [-0.05, 0) is 12.1 Å². The lowest BCUT2D eigenvalue weighted by molar-refractivity contribution is -0.139. The number of nitrogens with zero attached hydrogens (tertiary/aromatic N) is 1. The van der Waals surface area contributed by atoms with E-state index < -0.39 is 17.9 Å². The SMILES string of the molecule is O=C(NC(CCO)C(=O)O)c1cccc2cccnc12. The van der Waals surface area contributed by atoms with Gasteiger partial charge in [0.2, 0.25) is 0 Å². The van der Waals surface area contributed by atoms with Crippen molar-refractivity contribution in [3.63, 3.8) is 0 Å². The third-order valence-corrected chi connectivity index (χ3v) is 2.90. The van der Waals surface area contributed by atoms with Crippen molar-refractivity contribution in [2.45, 2.75) is 12.5 Å². The van der Waals surface area contributed by atoms with Crippen LogP contribution in [0.5, 0.6) is 0 Å². The Morgan fingerprint density at radius 3 is 2.70 bits per heavy atom. The maximum absolute atomic E-state index is 12.2. The second-order valence-corrected chi connectivity index (χ2v) is 4.26. The normalized spacial score (nSPS) is 12.1. The molecule has 0 saturated carbocycles. The topological polar surface area (TPSA) is 99.5 Å². The van der Waals surface area contributed by atoms with Crippen LogP contribution in [-0.2, 0) is 4.79 Å². The van der Waals surface area contributed by atoms with E-state index in [-0.39, 0.29) is 13.0 Å². The fourth-order valence-corrected chi connectivity index (χ4v) is 1.91. The summed E-state index contributed by atoms with van der Waals surface area (Å²) in [6, 6.07) is 7.58. The number of pyridine rings is 1. The molecule has 3 N–H and O–H groups in total. The Balaban J connectivity index is 2.29. The molecule has 6 heteroatoms. The van der Waals surface area contributed by atoms with Crippen molar-refractivity contribution < 1.29 is 19.8 Å². The highest BCUT2D eigenvalue weighted by molar-refractivity contribution is 6.06. The van der Waals surface area contributed by atoms with E-state index in [1.807, 2.05) is 12.1 Å².